The average Bonchev–Trinajstić information content (AvgIpc) is 3.80. The fourth-order valence-electron chi connectivity index (χ4n) is 6.77. The Labute approximate surface area is 243 Å². The smallest absolute Gasteiger partial charge is 0.270 e. The third-order valence-corrected chi connectivity index (χ3v) is 9.30. The second-order valence-electron chi connectivity index (χ2n) is 12.9. The van der Waals surface area contributed by atoms with Crippen LogP contribution >= 0.6 is 0 Å². The molecule has 5 rings (SSSR count). The number of rotatable bonds is 11. The molecule has 3 fully saturated rings. The number of nitrogens with zero attached hydrogens (tertiary/aromatic N) is 2. The molecule has 1 aromatic carbocycles. The van der Waals surface area contributed by atoms with E-state index in [0.717, 1.165) is 50.6 Å². The van der Waals surface area contributed by atoms with Crippen LogP contribution in [0.4, 0.5) is 11.4 Å². The number of aliphatic hydroxyl groups excluding tert-OH is 1. The highest BCUT2D eigenvalue weighted by Gasteiger charge is 2.43. The minimum absolute atomic E-state index is 0.0365. The summed E-state index contributed by atoms with van der Waals surface area (Å²) in [5.74, 6) is 0.496. The van der Waals surface area contributed by atoms with E-state index in [1.165, 1.54) is 0 Å². The van der Waals surface area contributed by atoms with Gasteiger partial charge in [0, 0.05) is 57.4 Å². The standard InChI is InChI=1S/C32H47N3O6/c1-32(2)31(39)34(15-6-16-40-3)26-18-25(12-14-29(26)41-32)35(24-10-11-24)30(38)23-17-22(19-33-20-23)28(37)13-9-21-7-4-5-8-27(21)36/h12,14,18,21-24,27,33,36H,4-11,13,15-17,19-20H2,1-3H3/t21?,22-,23+,27+/m0/s1. The molecule has 1 aromatic rings. The summed E-state index contributed by atoms with van der Waals surface area (Å²) < 4.78 is 11.3. The molecule has 226 valence electrons. The maximum absolute atomic E-state index is 14.0. The highest BCUT2D eigenvalue weighted by molar-refractivity contribution is 6.04. The lowest BCUT2D eigenvalue weighted by molar-refractivity contribution is -0.132. The third-order valence-electron chi connectivity index (χ3n) is 9.30. The molecule has 2 aliphatic carbocycles. The summed E-state index contributed by atoms with van der Waals surface area (Å²) >= 11 is 0. The second-order valence-corrected chi connectivity index (χ2v) is 12.9. The van der Waals surface area contributed by atoms with Crippen molar-refractivity contribution in [3.63, 3.8) is 0 Å². The highest BCUT2D eigenvalue weighted by atomic mass is 16.5. The van der Waals surface area contributed by atoms with Crippen molar-refractivity contribution in [3.8, 4) is 5.75 Å². The number of carbonyl (C=O) groups excluding carboxylic acids is 3. The monoisotopic (exact) mass is 569 g/mol. The lowest BCUT2D eigenvalue weighted by atomic mass is 9.80. The van der Waals surface area contributed by atoms with Gasteiger partial charge in [-0.2, -0.15) is 0 Å². The summed E-state index contributed by atoms with van der Waals surface area (Å²) in [4.78, 5) is 44.2. The fraction of sp³-hybridized carbons (Fsp3) is 0.719. The van der Waals surface area contributed by atoms with Crippen molar-refractivity contribution < 1.29 is 29.0 Å². The van der Waals surface area contributed by atoms with Crippen LogP contribution < -0.4 is 19.9 Å². The van der Waals surface area contributed by atoms with E-state index >= 15 is 0 Å². The fourth-order valence-corrected chi connectivity index (χ4v) is 6.77. The molecule has 2 aliphatic heterocycles. The van der Waals surface area contributed by atoms with Crippen LogP contribution in [0, 0.1) is 17.8 Å². The largest absolute Gasteiger partial charge is 0.476 e. The SMILES string of the molecule is COCCCN1C(=O)C(C)(C)Oc2ccc(N(C(=O)[C@H]3CNC[C@@H](C(=O)CCC4CCCC[C@H]4O)C3)C3CC3)cc21. The van der Waals surface area contributed by atoms with Crippen molar-refractivity contribution in [2.75, 3.05) is 43.2 Å². The summed E-state index contributed by atoms with van der Waals surface area (Å²) in [6.07, 6.45) is 8.05. The number of hydrogen-bond donors (Lipinski definition) is 2. The molecule has 4 aliphatic rings. The molecule has 2 saturated carbocycles. The predicted octanol–water partition coefficient (Wildman–Crippen LogP) is 3.85. The van der Waals surface area contributed by atoms with E-state index in [9.17, 15) is 19.5 Å². The van der Waals surface area contributed by atoms with Crippen LogP contribution in [-0.4, -0.2) is 73.8 Å². The lowest BCUT2D eigenvalue weighted by Crippen LogP contribution is -2.53. The Kier molecular flexibility index (Phi) is 9.36. The van der Waals surface area contributed by atoms with Crippen molar-refractivity contribution in [1.82, 2.24) is 5.32 Å². The maximum atomic E-state index is 14.0. The van der Waals surface area contributed by atoms with Gasteiger partial charge in [-0.1, -0.05) is 12.8 Å². The molecule has 9 nitrogen and oxygen atoms in total. The maximum Gasteiger partial charge on any atom is 0.270 e. The second kappa shape index (κ2) is 12.8. The van der Waals surface area contributed by atoms with E-state index < -0.39 is 5.60 Å². The van der Waals surface area contributed by atoms with Crippen molar-refractivity contribution in [2.24, 2.45) is 17.8 Å². The quantitative estimate of drug-likeness (QED) is 0.390. The van der Waals surface area contributed by atoms with Crippen LogP contribution in [0.5, 0.6) is 5.75 Å². The Morgan fingerprint density at radius 3 is 2.63 bits per heavy atom. The van der Waals surface area contributed by atoms with Crippen LogP contribution in [0.3, 0.4) is 0 Å². The topological polar surface area (TPSA) is 108 Å². The van der Waals surface area contributed by atoms with E-state index in [-0.39, 0.29) is 47.5 Å². The van der Waals surface area contributed by atoms with Gasteiger partial charge in [0.2, 0.25) is 5.91 Å². The molecule has 2 amide bonds. The zero-order valence-corrected chi connectivity index (χ0v) is 24.9. The first kappa shape index (κ1) is 30.0. The van der Waals surface area contributed by atoms with Gasteiger partial charge in [-0.05, 0) is 82.9 Å². The molecule has 1 unspecified atom stereocenters. The van der Waals surface area contributed by atoms with Gasteiger partial charge in [0.15, 0.2) is 5.60 Å². The minimum Gasteiger partial charge on any atom is -0.476 e. The molecule has 2 N–H and O–H groups in total. The Morgan fingerprint density at radius 1 is 1.15 bits per heavy atom. The summed E-state index contributed by atoms with van der Waals surface area (Å²) in [5, 5.41) is 13.7. The number of nitrogens with one attached hydrogen (secondary N) is 1. The molecule has 1 saturated heterocycles. The van der Waals surface area contributed by atoms with E-state index in [1.54, 1.807) is 25.9 Å². The number of amides is 2. The number of fused-ring (bicyclic) bond motifs is 1. The zero-order chi connectivity index (χ0) is 29.1. The zero-order valence-electron chi connectivity index (χ0n) is 24.9. The number of aliphatic hydroxyl groups is 1. The predicted molar refractivity (Wildman–Crippen MR) is 157 cm³/mol. The molecular weight excluding hydrogens is 522 g/mol. The number of Topliss-reactive ketones (excluding diaryl/α,β-unsaturated/α-hetero) is 1. The van der Waals surface area contributed by atoms with Gasteiger partial charge >= 0.3 is 0 Å². The molecule has 0 bridgehead atoms. The number of piperidine rings is 1. The first-order chi connectivity index (χ1) is 19.7. The normalized spacial score (nSPS) is 27.6. The van der Waals surface area contributed by atoms with Gasteiger partial charge in [0.25, 0.3) is 5.91 Å². The Balaban J connectivity index is 1.29. The van der Waals surface area contributed by atoms with Crippen LogP contribution in [0.25, 0.3) is 0 Å². The van der Waals surface area contributed by atoms with Crippen LogP contribution in [0.1, 0.15) is 78.1 Å². The number of hydrogen-bond acceptors (Lipinski definition) is 7. The molecule has 41 heavy (non-hydrogen) atoms. The molecule has 9 heteroatoms. The summed E-state index contributed by atoms with van der Waals surface area (Å²) in [5.41, 5.74) is 0.475. The molecule has 4 atom stereocenters. The number of carbonyl (C=O) groups is 3. The molecular formula is C32H47N3O6. The minimum atomic E-state index is -0.974. The number of methoxy groups -OCH3 is 1. The molecule has 2 heterocycles. The van der Waals surface area contributed by atoms with Crippen molar-refractivity contribution in [1.29, 1.82) is 0 Å². The number of benzene rings is 1. The Morgan fingerprint density at radius 2 is 1.90 bits per heavy atom. The molecule has 0 spiro atoms. The van der Waals surface area contributed by atoms with Gasteiger partial charge in [-0.25, -0.2) is 0 Å². The lowest BCUT2D eigenvalue weighted by Gasteiger charge is -2.39. The molecule has 0 radical (unpaired) electrons. The van der Waals surface area contributed by atoms with Gasteiger partial charge in [0.05, 0.1) is 17.7 Å². The summed E-state index contributed by atoms with van der Waals surface area (Å²) in [6, 6.07) is 5.83. The van der Waals surface area contributed by atoms with Gasteiger partial charge in [-0.15, -0.1) is 0 Å². The Hall–Kier alpha value is -2.49. The van der Waals surface area contributed by atoms with Crippen LogP contribution in [0.15, 0.2) is 18.2 Å². The Bertz CT molecular complexity index is 1120. The van der Waals surface area contributed by atoms with Crippen molar-refractivity contribution in [3.05, 3.63) is 18.2 Å². The van der Waals surface area contributed by atoms with Gasteiger partial charge < -0.3 is 29.7 Å². The number of anilines is 2. The van der Waals surface area contributed by atoms with Crippen molar-refractivity contribution in [2.45, 2.75) is 95.8 Å². The van der Waals surface area contributed by atoms with E-state index in [0.29, 0.717) is 56.9 Å². The first-order valence-electron chi connectivity index (χ1n) is 15.6. The third kappa shape index (κ3) is 6.78. The average molecular weight is 570 g/mol. The van der Waals surface area contributed by atoms with Gasteiger partial charge in [-0.3, -0.25) is 14.4 Å². The number of ether oxygens (including phenoxy) is 2. The van der Waals surface area contributed by atoms with Crippen molar-refractivity contribution >= 4 is 29.0 Å². The number of ketones is 1. The van der Waals surface area contributed by atoms with E-state index in [2.05, 4.69) is 5.32 Å². The van der Waals surface area contributed by atoms with E-state index in [1.807, 2.05) is 23.1 Å². The molecule has 0 aromatic heterocycles. The summed E-state index contributed by atoms with van der Waals surface area (Å²) in [7, 11) is 1.65. The van der Waals surface area contributed by atoms with Gasteiger partial charge in [0.1, 0.15) is 11.5 Å². The summed E-state index contributed by atoms with van der Waals surface area (Å²) in [6.45, 7) is 5.76. The van der Waals surface area contributed by atoms with Crippen LogP contribution in [0.2, 0.25) is 0 Å². The van der Waals surface area contributed by atoms with Crippen LogP contribution in [-0.2, 0) is 19.1 Å². The highest BCUT2D eigenvalue weighted by Crippen LogP contribution is 2.43. The van der Waals surface area contributed by atoms with E-state index in [4.69, 9.17) is 9.47 Å². The first-order valence-corrected chi connectivity index (χ1v) is 15.6.